The van der Waals surface area contributed by atoms with E-state index >= 15 is 0 Å². The summed E-state index contributed by atoms with van der Waals surface area (Å²) in [6, 6.07) is 10.1. The van der Waals surface area contributed by atoms with Gasteiger partial charge in [0.1, 0.15) is 5.82 Å². The minimum absolute atomic E-state index is 0.0341. The number of halogens is 1. The molecule has 0 aliphatic carbocycles. The van der Waals surface area contributed by atoms with E-state index in [9.17, 15) is 10.1 Å². The maximum atomic E-state index is 10.9. The second-order valence-electron chi connectivity index (χ2n) is 3.73. The molecule has 1 aromatic heterocycles. The van der Waals surface area contributed by atoms with Gasteiger partial charge in [-0.15, -0.1) is 0 Å². The number of hydrogen-bond donors (Lipinski definition) is 1. The van der Waals surface area contributed by atoms with Gasteiger partial charge in [0.25, 0.3) is 0 Å². The number of thioether (sulfide) groups is 1. The van der Waals surface area contributed by atoms with Crippen LogP contribution in [0.15, 0.2) is 41.4 Å². The van der Waals surface area contributed by atoms with Crippen LogP contribution in [-0.4, -0.2) is 9.91 Å². The van der Waals surface area contributed by atoms with Crippen molar-refractivity contribution in [3.63, 3.8) is 0 Å². The van der Waals surface area contributed by atoms with Gasteiger partial charge in [-0.25, -0.2) is 4.98 Å². The third-order valence-corrected chi connectivity index (χ3v) is 3.65. The predicted molar refractivity (Wildman–Crippen MR) is 76.3 cm³/mol. The maximum Gasteiger partial charge on any atom is 0.301 e. The second-order valence-corrected chi connectivity index (χ2v) is 5.13. The molecule has 0 amide bonds. The highest BCUT2D eigenvalue weighted by atomic mass is 35.5. The largest absolute Gasteiger partial charge is 0.384 e. The molecule has 2 aromatic rings. The van der Waals surface area contributed by atoms with Crippen molar-refractivity contribution in [3.05, 3.63) is 57.1 Å². The van der Waals surface area contributed by atoms with Crippen LogP contribution in [0.1, 0.15) is 5.56 Å². The van der Waals surface area contributed by atoms with E-state index in [0.29, 0.717) is 15.8 Å². The van der Waals surface area contributed by atoms with Crippen molar-refractivity contribution in [2.45, 2.75) is 10.8 Å². The summed E-state index contributed by atoms with van der Waals surface area (Å²) in [5.41, 5.74) is 6.53. The average molecular weight is 296 g/mol. The van der Waals surface area contributed by atoms with E-state index in [-0.39, 0.29) is 11.5 Å². The predicted octanol–water partition coefficient (Wildman–Crippen LogP) is 3.52. The maximum absolute atomic E-state index is 10.9. The number of nitro groups is 1. The molecule has 7 heteroatoms. The highest BCUT2D eigenvalue weighted by molar-refractivity contribution is 7.98. The summed E-state index contributed by atoms with van der Waals surface area (Å²) in [4.78, 5) is 14.4. The van der Waals surface area contributed by atoms with Crippen LogP contribution in [0.5, 0.6) is 0 Å². The lowest BCUT2D eigenvalue weighted by Crippen LogP contribution is -1.97. The topological polar surface area (TPSA) is 82.0 Å². The van der Waals surface area contributed by atoms with Crippen molar-refractivity contribution in [2.75, 3.05) is 5.73 Å². The minimum atomic E-state index is -0.462. The average Bonchev–Trinajstić information content (AvgIpc) is 2.38. The molecule has 1 heterocycles. The van der Waals surface area contributed by atoms with Crippen LogP contribution >= 0.6 is 23.4 Å². The number of nitrogen functional groups attached to an aromatic ring is 1. The quantitative estimate of drug-likeness (QED) is 0.530. The number of hydrogen-bond acceptors (Lipinski definition) is 5. The van der Waals surface area contributed by atoms with Crippen molar-refractivity contribution in [3.8, 4) is 0 Å². The van der Waals surface area contributed by atoms with Crippen LogP contribution in [0.25, 0.3) is 0 Å². The number of benzene rings is 1. The zero-order valence-electron chi connectivity index (χ0n) is 9.75. The van der Waals surface area contributed by atoms with Crippen LogP contribution in [0, 0.1) is 10.1 Å². The zero-order valence-corrected chi connectivity index (χ0v) is 11.3. The molecular weight excluding hydrogens is 286 g/mol. The fourth-order valence-corrected chi connectivity index (χ4v) is 2.51. The molecule has 2 N–H and O–H groups in total. The Morgan fingerprint density at radius 1 is 1.26 bits per heavy atom. The smallest absolute Gasteiger partial charge is 0.301 e. The molecular formula is C12H10ClN3O2S. The van der Waals surface area contributed by atoms with Crippen molar-refractivity contribution in [1.29, 1.82) is 0 Å². The molecule has 2 rings (SSSR count). The first-order valence-corrected chi connectivity index (χ1v) is 6.71. The SMILES string of the molecule is Nc1ccc([N+](=O)[O-])c(SCc2ccc(Cl)cc2)n1. The van der Waals surface area contributed by atoms with Gasteiger partial charge in [0, 0.05) is 16.8 Å². The number of nitrogens with zero attached hydrogens (tertiary/aromatic N) is 2. The van der Waals surface area contributed by atoms with E-state index in [1.165, 1.54) is 23.9 Å². The number of aromatic nitrogens is 1. The molecule has 0 radical (unpaired) electrons. The van der Waals surface area contributed by atoms with E-state index in [1.54, 1.807) is 12.1 Å². The van der Waals surface area contributed by atoms with E-state index < -0.39 is 4.92 Å². The van der Waals surface area contributed by atoms with Gasteiger partial charge in [-0.1, -0.05) is 35.5 Å². The lowest BCUT2D eigenvalue weighted by Gasteiger charge is -2.03. The van der Waals surface area contributed by atoms with Crippen molar-refractivity contribution in [1.82, 2.24) is 4.98 Å². The van der Waals surface area contributed by atoms with E-state index in [2.05, 4.69) is 4.98 Å². The molecule has 98 valence electrons. The summed E-state index contributed by atoms with van der Waals surface area (Å²) in [5, 5.41) is 11.9. The molecule has 0 saturated carbocycles. The number of anilines is 1. The molecule has 19 heavy (non-hydrogen) atoms. The molecule has 0 aliphatic heterocycles. The van der Waals surface area contributed by atoms with Gasteiger partial charge in [-0.2, -0.15) is 0 Å². The number of pyridine rings is 1. The minimum Gasteiger partial charge on any atom is -0.384 e. The second kappa shape index (κ2) is 5.90. The van der Waals surface area contributed by atoms with Crippen LogP contribution in [0.2, 0.25) is 5.02 Å². The van der Waals surface area contributed by atoms with Crippen LogP contribution in [0.3, 0.4) is 0 Å². The van der Waals surface area contributed by atoms with Gasteiger partial charge in [0.2, 0.25) is 0 Å². The lowest BCUT2D eigenvalue weighted by atomic mass is 10.2. The Labute approximate surface area is 118 Å². The van der Waals surface area contributed by atoms with E-state index in [0.717, 1.165) is 5.56 Å². The number of nitrogens with two attached hydrogens (primary N) is 1. The van der Waals surface area contributed by atoms with Crippen molar-refractivity contribution < 1.29 is 4.92 Å². The first-order chi connectivity index (χ1) is 9.06. The first kappa shape index (κ1) is 13.6. The lowest BCUT2D eigenvalue weighted by molar-refractivity contribution is -0.388. The molecule has 0 fully saturated rings. The Bertz CT molecular complexity index is 604. The zero-order chi connectivity index (χ0) is 13.8. The Hall–Kier alpha value is -1.79. The summed E-state index contributed by atoms with van der Waals surface area (Å²) in [7, 11) is 0. The molecule has 0 atom stereocenters. The van der Waals surface area contributed by atoms with Crippen molar-refractivity contribution in [2.24, 2.45) is 0 Å². The fourth-order valence-electron chi connectivity index (χ4n) is 1.42. The molecule has 0 saturated heterocycles. The molecule has 5 nitrogen and oxygen atoms in total. The summed E-state index contributed by atoms with van der Waals surface area (Å²) in [5.74, 6) is 0.832. The monoisotopic (exact) mass is 295 g/mol. The Balaban J connectivity index is 2.16. The normalized spacial score (nSPS) is 10.4. The summed E-state index contributed by atoms with van der Waals surface area (Å²) in [6.45, 7) is 0. The van der Waals surface area contributed by atoms with Gasteiger partial charge in [-0.3, -0.25) is 10.1 Å². The molecule has 0 spiro atoms. The number of rotatable bonds is 4. The molecule has 0 bridgehead atoms. The summed E-state index contributed by atoms with van der Waals surface area (Å²) < 4.78 is 0. The van der Waals surface area contributed by atoms with Gasteiger partial charge in [0.05, 0.1) is 4.92 Å². The van der Waals surface area contributed by atoms with Crippen molar-refractivity contribution >= 4 is 34.9 Å². The van der Waals surface area contributed by atoms with Gasteiger partial charge < -0.3 is 5.73 Å². The van der Waals surface area contributed by atoms with Gasteiger partial charge in [0.15, 0.2) is 5.03 Å². The highest BCUT2D eigenvalue weighted by Crippen LogP contribution is 2.30. The Morgan fingerprint density at radius 2 is 1.95 bits per heavy atom. The molecule has 0 aliphatic rings. The standard InChI is InChI=1S/C12H10ClN3O2S/c13-9-3-1-8(2-4-9)7-19-12-10(16(17)18)5-6-11(14)15-12/h1-6H,7H2,(H2,14,15). The Kier molecular flexibility index (Phi) is 4.24. The third kappa shape index (κ3) is 3.59. The van der Waals surface area contributed by atoms with E-state index in [1.807, 2.05) is 12.1 Å². The van der Waals surface area contributed by atoms with Crippen LogP contribution in [0.4, 0.5) is 11.5 Å². The third-order valence-electron chi connectivity index (χ3n) is 2.35. The first-order valence-electron chi connectivity index (χ1n) is 5.34. The summed E-state index contributed by atoms with van der Waals surface area (Å²) in [6.07, 6.45) is 0. The highest BCUT2D eigenvalue weighted by Gasteiger charge is 2.15. The Morgan fingerprint density at radius 3 is 2.58 bits per heavy atom. The fraction of sp³-hybridized carbons (Fsp3) is 0.0833. The molecule has 0 unspecified atom stereocenters. The van der Waals surface area contributed by atoms with E-state index in [4.69, 9.17) is 17.3 Å². The molecule has 1 aromatic carbocycles. The van der Waals surface area contributed by atoms with Gasteiger partial charge in [-0.05, 0) is 23.8 Å². The van der Waals surface area contributed by atoms with Crippen LogP contribution in [-0.2, 0) is 5.75 Å². The van der Waals surface area contributed by atoms with Crippen LogP contribution < -0.4 is 5.73 Å². The van der Waals surface area contributed by atoms with Gasteiger partial charge >= 0.3 is 5.69 Å². The summed E-state index contributed by atoms with van der Waals surface area (Å²) >= 11 is 7.06.